The fraction of sp³-hybridized carbons (Fsp3) is 0.176. The first kappa shape index (κ1) is 19.2. The van der Waals surface area contributed by atoms with E-state index in [9.17, 15) is 27.9 Å². The van der Waals surface area contributed by atoms with E-state index in [0.717, 1.165) is 33.4 Å². The van der Waals surface area contributed by atoms with Gasteiger partial charge in [-0.25, -0.2) is 4.79 Å². The van der Waals surface area contributed by atoms with E-state index in [1.807, 2.05) is 6.07 Å². The van der Waals surface area contributed by atoms with E-state index in [2.05, 4.69) is 27.9 Å². The standard InChI is InChI=1S/C17H13F3INO3/c18-17(19,20)12-6-4-11(5-7-12)15(23)22-14(16(24)25)9-10-2-1-3-13(21)8-10/h1-8,14H,9H2,(H,22,23)(H,24,25)/t14-/m1/s1. The van der Waals surface area contributed by atoms with Crippen LogP contribution in [0.1, 0.15) is 21.5 Å². The molecular weight excluding hydrogens is 450 g/mol. The molecule has 8 heteroatoms. The summed E-state index contributed by atoms with van der Waals surface area (Å²) in [6.07, 6.45) is -4.43. The van der Waals surface area contributed by atoms with Crippen LogP contribution in [0, 0.1) is 3.57 Å². The molecule has 2 aromatic rings. The van der Waals surface area contributed by atoms with Crippen molar-refractivity contribution in [1.29, 1.82) is 0 Å². The minimum atomic E-state index is -4.50. The first-order valence-corrected chi connectivity index (χ1v) is 8.20. The van der Waals surface area contributed by atoms with Crippen molar-refractivity contribution in [2.24, 2.45) is 0 Å². The van der Waals surface area contributed by atoms with Gasteiger partial charge in [0, 0.05) is 15.6 Å². The second kappa shape index (κ2) is 7.85. The fourth-order valence-corrected chi connectivity index (χ4v) is 2.76. The molecule has 1 amide bonds. The number of nitrogens with one attached hydrogen (secondary N) is 1. The topological polar surface area (TPSA) is 66.4 Å². The number of carbonyl (C=O) groups excluding carboxylic acids is 1. The van der Waals surface area contributed by atoms with E-state index in [4.69, 9.17) is 0 Å². The lowest BCUT2D eigenvalue weighted by molar-refractivity contribution is -0.139. The summed E-state index contributed by atoms with van der Waals surface area (Å²) >= 11 is 2.09. The van der Waals surface area contributed by atoms with Crippen LogP contribution in [0.2, 0.25) is 0 Å². The number of aliphatic carboxylic acids is 1. The Balaban J connectivity index is 2.11. The highest BCUT2D eigenvalue weighted by molar-refractivity contribution is 14.1. The van der Waals surface area contributed by atoms with Gasteiger partial charge in [-0.2, -0.15) is 13.2 Å². The van der Waals surface area contributed by atoms with Crippen LogP contribution in [-0.4, -0.2) is 23.0 Å². The number of carboxylic acids is 1. The number of halogens is 4. The van der Waals surface area contributed by atoms with Crippen molar-refractivity contribution in [1.82, 2.24) is 5.32 Å². The largest absolute Gasteiger partial charge is 0.480 e. The molecule has 0 unspecified atom stereocenters. The van der Waals surface area contributed by atoms with Gasteiger partial charge in [0.1, 0.15) is 6.04 Å². The van der Waals surface area contributed by atoms with Crippen LogP contribution in [0.25, 0.3) is 0 Å². The molecule has 0 aliphatic carbocycles. The summed E-state index contributed by atoms with van der Waals surface area (Å²) in [7, 11) is 0. The summed E-state index contributed by atoms with van der Waals surface area (Å²) in [6, 6.07) is 9.56. The summed E-state index contributed by atoms with van der Waals surface area (Å²) < 4.78 is 38.5. The van der Waals surface area contributed by atoms with E-state index < -0.39 is 29.7 Å². The molecule has 0 heterocycles. The van der Waals surface area contributed by atoms with Crippen molar-refractivity contribution in [3.05, 3.63) is 68.8 Å². The average molecular weight is 463 g/mol. The molecule has 2 aromatic carbocycles. The Morgan fingerprint density at radius 3 is 2.28 bits per heavy atom. The monoisotopic (exact) mass is 463 g/mol. The maximum absolute atomic E-state index is 12.5. The number of rotatable bonds is 5. The maximum Gasteiger partial charge on any atom is 0.416 e. The van der Waals surface area contributed by atoms with Crippen molar-refractivity contribution >= 4 is 34.5 Å². The molecule has 2 N–H and O–H groups in total. The first-order valence-electron chi connectivity index (χ1n) is 7.12. The van der Waals surface area contributed by atoms with Crippen LogP contribution in [0.4, 0.5) is 13.2 Å². The third-order valence-electron chi connectivity index (χ3n) is 3.41. The van der Waals surface area contributed by atoms with Gasteiger partial charge >= 0.3 is 12.1 Å². The van der Waals surface area contributed by atoms with Crippen molar-refractivity contribution in [3.63, 3.8) is 0 Å². The average Bonchev–Trinajstić information content (AvgIpc) is 2.53. The second-order valence-electron chi connectivity index (χ2n) is 5.27. The lowest BCUT2D eigenvalue weighted by atomic mass is 10.1. The third-order valence-corrected chi connectivity index (χ3v) is 4.08. The van der Waals surface area contributed by atoms with Gasteiger partial charge in [0.15, 0.2) is 0 Å². The van der Waals surface area contributed by atoms with E-state index in [0.29, 0.717) is 0 Å². The van der Waals surface area contributed by atoms with Gasteiger partial charge < -0.3 is 10.4 Å². The number of alkyl halides is 3. The molecule has 0 aliphatic heterocycles. The van der Waals surface area contributed by atoms with Gasteiger partial charge in [0.25, 0.3) is 5.91 Å². The highest BCUT2D eigenvalue weighted by Gasteiger charge is 2.30. The van der Waals surface area contributed by atoms with Gasteiger partial charge in [-0.3, -0.25) is 4.79 Å². The van der Waals surface area contributed by atoms with Crippen LogP contribution in [0.3, 0.4) is 0 Å². The molecule has 4 nitrogen and oxygen atoms in total. The van der Waals surface area contributed by atoms with Crippen LogP contribution in [-0.2, 0) is 17.4 Å². The quantitative estimate of drug-likeness (QED) is 0.665. The molecule has 0 bridgehead atoms. The maximum atomic E-state index is 12.5. The highest BCUT2D eigenvalue weighted by atomic mass is 127. The van der Waals surface area contributed by atoms with Gasteiger partial charge in [-0.05, 0) is 64.6 Å². The molecule has 0 fully saturated rings. The number of carbonyl (C=O) groups is 2. The molecule has 0 saturated heterocycles. The molecule has 0 saturated carbocycles. The zero-order valence-electron chi connectivity index (χ0n) is 12.7. The first-order chi connectivity index (χ1) is 11.7. The van der Waals surface area contributed by atoms with Crippen molar-refractivity contribution in [2.75, 3.05) is 0 Å². The normalized spacial score (nSPS) is 12.5. The molecule has 132 valence electrons. The lowest BCUT2D eigenvalue weighted by Crippen LogP contribution is -2.42. The number of amides is 1. The summed E-state index contributed by atoms with van der Waals surface area (Å²) in [5.74, 6) is -1.97. The van der Waals surface area contributed by atoms with Crippen LogP contribution < -0.4 is 5.32 Å². The zero-order chi connectivity index (χ0) is 18.6. The van der Waals surface area contributed by atoms with E-state index >= 15 is 0 Å². The number of carboxylic acid groups (broad SMARTS) is 1. The van der Waals surface area contributed by atoms with Crippen LogP contribution in [0.15, 0.2) is 48.5 Å². The van der Waals surface area contributed by atoms with E-state index in [1.165, 1.54) is 0 Å². The summed E-state index contributed by atoms with van der Waals surface area (Å²) in [5.41, 5.74) is -0.188. The molecule has 25 heavy (non-hydrogen) atoms. The number of benzene rings is 2. The molecule has 2 rings (SSSR count). The van der Waals surface area contributed by atoms with Gasteiger partial charge in [0.05, 0.1) is 5.56 Å². The second-order valence-corrected chi connectivity index (χ2v) is 6.52. The number of hydrogen-bond donors (Lipinski definition) is 2. The predicted octanol–water partition coefficient (Wildman–Crippen LogP) is 3.74. The Morgan fingerprint density at radius 2 is 1.76 bits per heavy atom. The van der Waals surface area contributed by atoms with Crippen LogP contribution >= 0.6 is 22.6 Å². The summed E-state index contributed by atoms with van der Waals surface area (Å²) in [4.78, 5) is 23.5. The highest BCUT2D eigenvalue weighted by Crippen LogP contribution is 2.29. The van der Waals surface area contributed by atoms with Crippen LogP contribution in [0.5, 0.6) is 0 Å². The number of hydrogen-bond acceptors (Lipinski definition) is 2. The van der Waals surface area contributed by atoms with Crippen molar-refractivity contribution in [3.8, 4) is 0 Å². The summed E-state index contributed by atoms with van der Waals surface area (Å²) in [6.45, 7) is 0. The molecule has 0 radical (unpaired) electrons. The third kappa shape index (κ3) is 5.45. The molecular formula is C17H13F3INO3. The Hall–Kier alpha value is -2.10. The predicted molar refractivity (Wildman–Crippen MR) is 93.2 cm³/mol. The molecule has 0 aliphatic rings. The Morgan fingerprint density at radius 1 is 1.12 bits per heavy atom. The van der Waals surface area contributed by atoms with Gasteiger partial charge in [-0.1, -0.05) is 12.1 Å². The van der Waals surface area contributed by atoms with E-state index in [1.54, 1.807) is 18.2 Å². The Bertz CT molecular complexity index is 775. The van der Waals surface area contributed by atoms with Crippen molar-refractivity contribution < 1.29 is 27.9 Å². The SMILES string of the molecule is O=C(N[C@H](Cc1cccc(I)c1)C(=O)O)c1ccc(C(F)(F)F)cc1. The Kier molecular flexibility index (Phi) is 6.04. The smallest absolute Gasteiger partial charge is 0.416 e. The van der Waals surface area contributed by atoms with Crippen molar-refractivity contribution in [2.45, 2.75) is 18.6 Å². The van der Waals surface area contributed by atoms with Gasteiger partial charge in [0.2, 0.25) is 0 Å². The Labute approximate surface area is 155 Å². The van der Waals surface area contributed by atoms with E-state index in [-0.39, 0.29) is 12.0 Å². The summed E-state index contributed by atoms with van der Waals surface area (Å²) in [5, 5.41) is 11.6. The lowest BCUT2D eigenvalue weighted by Gasteiger charge is -2.15. The minimum Gasteiger partial charge on any atom is -0.480 e. The molecule has 1 atom stereocenters. The fourth-order valence-electron chi connectivity index (χ4n) is 2.15. The van der Waals surface area contributed by atoms with Gasteiger partial charge in [-0.15, -0.1) is 0 Å². The minimum absolute atomic E-state index is 0.0399. The molecule has 0 spiro atoms. The molecule has 0 aromatic heterocycles. The zero-order valence-corrected chi connectivity index (χ0v) is 14.8.